The number of unbranched alkanes of at least 4 members (excludes halogenated alkanes) is 10. The van der Waals surface area contributed by atoms with Crippen LogP contribution in [0.2, 0.25) is 0 Å². The van der Waals surface area contributed by atoms with E-state index in [0.717, 1.165) is 44.9 Å². The number of hydrogen-bond donors (Lipinski definition) is 1. The van der Waals surface area contributed by atoms with E-state index in [4.69, 9.17) is 0 Å². The summed E-state index contributed by atoms with van der Waals surface area (Å²) in [6, 6.07) is 0. The van der Waals surface area contributed by atoms with E-state index in [2.05, 4.69) is 13.8 Å². The van der Waals surface area contributed by atoms with Gasteiger partial charge < -0.3 is 9.66 Å². The van der Waals surface area contributed by atoms with E-state index in [-0.39, 0.29) is 57.5 Å². The van der Waals surface area contributed by atoms with Gasteiger partial charge in [0, 0.05) is 5.25 Å². The van der Waals surface area contributed by atoms with Gasteiger partial charge in [-0.1, -0.05) is 97.3 Å². The Morgan fingerprint density at radius 2 is 1.04 bits per heavy atom. The molecule has 1 N–H and O–H groups in total. The van der Waals surface area contributed by atoms with Gasteiger partial charge in [0.2, 0.25) is 0 Å². The zero-order valence-electron chi connectivity index (χ0n) is 18.3. The van der Waals surface area contributed by atoms with Crippen molar-refractivity contribution in [3.63, 3.8) is 0 Å². The Bertz CT molecular complexity index is 401. The van der Waals surface area contributed by atoms with Crippen LogP contribution in [0.25, 0.3) is 0 Å². The minimum Gasteiger partial charge on any atom is -0.748 e. The Morgan fingerprint density at radius 1 is 0.667 bits per heavy atom. The molecule has 0 aromatic rings. The fourth-order valence-electron chi connectivity index (χ4n) is 3.45. The normalized spacial score (nSPS) is 13.9. The van der Waals surface area contributed by atoms with Crippen molar-refractivity contribution in [1.29, 1.82) is 0 Å². The third-order valence-electron chi connectivity index (χ3n) is 5.24. The zero-order chi connectivity index (χ0) is 19.7. The maximum absolute atomic E-state index is 11.5. The van der Waals surface area contributed by atoms with Crippen LogP contribution in [0.3, 0.4) is 0 Å². The second kappa shape index (κ2) is 20.8. The molecule has 2 atom stereocenters. The molecule has 0 aromatic carbocycles. The average Bonchev–Trinajstić information content (AvgIpc) is 2.59. The van der Waals surface area contributed by atoms with Gasteiger partial charge >= 0.3 is 51.4 Å². The van der Waals surface area contributed by atoms with E-state index in [1.165, 1.54) is 38.5 Å². The van der Waals surface area contributed by atoms with Crippen molar-refractivity contribution < 1.29 is 69.5 Å². The van der Waals surface area contributed by atoms with Crippen molar-refractivity contribution in [2.75, 3.05) is 0 Å². The third-order valence-corrected chi connectivity index (χ3v) is 6.53. The minimum absolute atomic E-state index is 0. The summed E-state index contributed by atoms with van der Waals surface area (Å²) in [5.41, 5.74) is 0. The van der Waals surface area contributed by atoms with Crippen molar-refractivity contribution >= 4 is 10.1 Å². The molecule has 0 heterocycles. The molecule has 0 saturated heterocycles. The first-order chi connectivity index (χ1) is 12.4. The largest absolute Gasteiger partial charge is 1.00 e. The van der Waals surface area contributed by atoms with E-state index in [9.17, 15) is 18.1 Å². The van der Waals surface area contributed by atoms with Crippen LogP contribution in [0.5, 0.6) is 0 Å². The van der Waals surface area contributed by atoms with Crippen LogP contribution in [0.4, 0.5) is 0 Å². The van der Waals surface area contributed by atoms with E-state index in [1.54, 1.807) is 0 Å². The van der Waals surface area contributed by atoms with Crippen molar-refractivity contribution in [1.82, 2.24) is 0 Å². The predicted octanol–water partition coefficient (Wildman–Crippen LogP) is 2.94. The summed E-state index contributed by atoms with van der Waals surface area (Å²) in [4.78, 5) is 0. The van der Waals surface area contributed by atoms with Crippen molar-refractivity contribution in [2.45, 2.75) is 134 Å². The van der Waals surface area contributed by atoms with Crippen molar-refractivity contribution in [2.24, 2.45) is 0 Å². The summed E-state index contributed by atoms with van der Waals surface area (Å²) in [5, 5.41) is 9.08. The summed E-state index contributed by atoms with van der Waals surface area (Å²) in [6.45, 7) is 4.32. The number of rotatable bonds is 19. The van der Waals surface area contributed by atoms with Crippen LogP contribution in [0.15, 0.2) is 0 Å². The van der Waals surface area contributed by atoms with E-state index >= 15 is 0 Å². The standard InChI is InChI=1S/C21H44O4S.K/c1-3-5-7-8-9-10-11-12-13-18-21(26(23,24)25)19-15-14-17-20(22)16-6-4-2;/h20-22H,3-19H2,1-2H3,(H,23,24,25);/q;+1/p-1. The van der Waals surface area contributed by atoms with Gasteiger partial charge in [0.25, 0.3) is 0 Å². The Labute approximate surface area is 211 Å². The average molecular weight is 431 g/mol. The molecule has 27 heavy (non-hydrogen) atoms. The van der Waals surface area contributed by atoms with Crippen molar-refractivity contribution in [3.05, 3.63) is 0 Å². The fraction of sp³-hybridized carbons (Fsp3) is 1.00. The first-order valence-electron chi connectivity index (χ1n) is 11.0. The van der Waals surface area contributed by atoms with E-state index < -0.39 is 15.4 Å². The third kappa shape index (κ3) is 20.6. The topological polar surface area (TPSA) is 77.4 Å². The molecular weight excluding hydrogens is 387 g/mol. The van der Waals surface area contributed by atoms with Gasteiger partial charge in [0.15, 0.2) is 0 Å². The Hall–Kier alpha value is 1.51. The molecule has 0 bridgehead atoms. The van der Waals surface area contributed by atoms with Crippen LogP contribution >= 0.6 is 0 Å². The zero-order valence-corrected chi connectivity index (χ0v) is 22.2. The molecule has 0 rings (SSSR count). The summed E-state index contributed by atoms with van der Waals surface area (Å²) in [5.74, 6) is 0. The number of aliphatic hydroxyl groups excluding tert-OH is 1. The van der Waals surface area contributed by atoms with E-state index in [0.29, 0.717) is 25.7 Å². The monoisotopic (exact) mass is 430 g/mol. The molecule has 0 aliphatic heterocycles. The number of aliphatic hydroxyl groups is 1. The molecule has 0 aromatic heterocycles. The first kappa shape index (κ1) is 30.7. The van der Waals surface area contributed by atoms with Crippen molar-refractivity contribution in [3.8, 4) is 0 Å². The molecule has 4 nitrogen and oxygen atoms in total. The summed E-state index contributed by atoms with van der Waals surface area (Å²) >= 11 is 0. The molecule has 0 aliphatic rings. The molecule has 0 saturated carbocycles. The maximum Gasteiger partial charge on any atom is 1.00 e. The molecule has 6 heteroatoms. The Kier molecular flexibility index (Phi) is 23.6. The van der Waals surface area contributed by atoms with Gasteiger partial charge in [0.1, 0.15) is 0 Å². The SMILES string of the molecule is CCCCCCCCCCCC(CCCCC(O)CCCC)S(=O)(=O)[O-].[K+]. The van der Waals surface area contributed by atoms with Crippen LogP contribution in [-0.4, -0.2) is 29.4 Å². The maximum atomic E-state index is 11.5. The molecule has 2 unspecified atom stereocenters. The summed E-state index contributed by atoms with van der Waals surface area (Å²) in [7, 11) is -4.20. The fourth-order valence-corrected chi connectivity index (χ4v) is 4.36. The Balaban J connectivity index is 0. The summed E-state index contributed by atoms with van der Waals surface area (Å²) < 4.78 is 34.4. The molecule has 0 aliphatic carbocycles. The van der Waals surface area contributed by atoms with Gasteiger partial charge in [0.05, 0.1) is 16.2 Å². The van der Waals surface area contributed by atoms with Crippen LogP contribution in [-0.2, 0) is 10.1 Å². The van der Waals surface area contributed by atoms with Crippen LogP contribution in [0, 0.1) is 0 Å². The second-order valence-corrected chi connectivity index (χ2v) is 9.46. The van der Waals surface area contributed by atoms with Crippen LogP contribution in [0.1, 0.15) is 123 Å². The Morgan fingerprint density at radius 3 is 1.52 bits per heavy atom. The molecule has 0 fully saturated rings. The minimum atomic E-state index is -4.20. The molecule has 0 spiro atoms. The molecule has 158 valence electrons. The first-order valence-corrected chi connectivity index (χ1v) is 12.5. The number of hydrogen-bond acceptors (Lipinski definition) is 4. The molecular formula is C21H43KO4S. The smallest absolute Gasteiger partial charge is 0.748 e. The molecule has 0 amide bonds. The van der Waals surface area contributed by atoms with E-state index in [1.807, 2.05) is 0 Å². The quantitative estimate of drug-likeness (QED) is 0.194. The second-order valence-electron chi connectivity index (χ2n) is 7.81. The van der Waals surface area contributed by atoms with Gasteiger partial charge in [-0.05, 0) is 25.7 Å². The molecule has 0 radical (unpaired) electrons. The van der Waals surface area contributed by atoms with Gasteiger partial charge in [-0.15, -0.1) is 0 Å². The van der Waals surface area contributed by atoms with Gasteiger partial charge in [-0.25, -0.2) is 8.42 Å². The predicted molar refractivity (Wildman–Crippen MR) is 109 cm³/mol. The van der Waals surface area contributed by atoms with Gasteiger partial charge in [-0.2, -0.15) is 0 Å². The summed E-state index contributed by atoms with van der Waals surface area (Å²) in [6.07, 6.45) is 16.5. The van der Waals surface area contributed by atoms with Gasteiger partial charge in [-0.3, -0.25) is 0 Å². The van der Waals surface area contributed by atoms with Crippen LogP contribution < -0.4 is 51.4 Å².